The predicted octanol–water partition coefficient (Wildman–Crippen LogP) is 5.08. The van der Waals surface area contributed by atoms with Crippen LogP contribution in [0.3, 0.4) is 0 Å². The molecule has 6 nitrogen and oxygen atoms in total. The van der Waals surface area contributed by atoms with Gasteiger partial charge in [-0.15, -0.1) is 0 Å². The molecule has 3 aromatic carbocycles. The first kappa shape index (κ1) is 22.8. The van der Waals surface area contributed by atoms with E-state index >= 15 is 0 Å². The Balaban J connectivity index is 1.22. The number of hydrogen-bond acceptors (Lipinski definition) is 3. The molecule has 1 aliphatic heterocycles. The van der Waals surface area contributed by atoms with Crippen molar-refractivity contribution in [1.82, 2.24) is 20.6 Å². The SMILES string of the molecule is C[C@@H](NC(=O)CC[C@]1(Cc2ccc(-c3ccccc3)cc2)CCC(=O)N1)c1nc2ccccc2[nH]1. The van der Waals surface area contributed by atoms with Crippen LogP contribution in [0.1, 0.15) is 50.0 Å². The monoisotopic (exact) mass is 466 g/mol. The minimum absolute atomic E-state index is 0.0436. The average molecular weight is 467 g/mol. The topological polar surface area (TPSA) is 86.9 Å². The molecule has 3 N–H and O–H groups in total. The van der Waals surface area contributed by atoms with E-state index in [9.17, 15) is 9.59 Å². The van der Waals surface area contributed by atoms with E-state index < -0.39 is 5.54 Å². The molecule has 0 saturated carbocycles. The molecule has 0 bridgehead atoms. The Labute approximate surface area is 205 Å². The highest BCUT2D eigenvalue weighted by Crippen LogP contribution is 2.30. The number of imidazole rings is 1. The van der Waals surface area contributed by atoms with E-state index in [0.717, 1.165) is 34.4 Å². The smallest absolute Gasteiger partial charge is 0.220 e. The number of fused-ring (bicyclic) bond motifs is 1. The highest BCUT2D eigenvalue weighted by molar-refractivity contribution is 5.80. The molecule has 2 atom stereocenters. The van der Waals surface area contributed by atoms with E-state index in [4.69, 9.17) is 0 Å². The van der Waals surface area contributed by atoms with Gasteiger partial charge in [-0.25, -0.2) is 4.98 Å². The van der Waals surface area contributed by atoms with Gasteiger partial charge in [-0.3, -0.25) is 9.59 Å². The predicted molar refractivity (Wildman–Crippen MR) is 138 cm³/mol. The minimum Gasteiger partial charge on any atom is -0.350 e. The highest BCUT2D eigenvalue weighted by atomic mass is 16.2. The molecule has 0 aliphatic carbocycles. The normalized spacial score (nSPS) is 18.4. The first-order valence-electron chi connectivity index (χ1n) is 12.2. The molecular weight excluding hydrogens is 436 g/mol. The first-order chi connectivity index (χ1) is 17.0. The van der Waals surface area contributed by atoms with E-state index in [0.29, 0.717) is 25.7 Å². The Hall–Kier alpha value is -3.93. The molecule has 6 heteroatoms. The molecule has 5 rings (SSSR count). The Morgan fingerprint density at radius 2 is 1.71 bits per heavy atom. The van der Waals surface area contributed by atoms with Crippen molar-refractivity contribution in [2.75, 3.05) is 0 Å². The molecule has 1 aromatic heterocycles. The van der Waals surface area contributed by atoms with Crippen molar-refractivity contribution in [3.63, 3.8) is 0 Å². The van der Waals surface area contributed by atoms with Gasteiger partial charge < -0.3 is 15.6 Å². The zero-order valence-electron chi connectivity index (χ0n) is 19.9. The molecule has 1 fully saturated rings. The standard InChI is InChI=1S/C29H30N4O2/c1-20(28-31-24-9-5-6-10-25(24)32-28)30-26(34)15-17-29(18-16-27(35)33-29)19-21-11-13-23(14-12-21)22-7-3-2-4-8-22/h2-14,20H,15-19H2,1H3,(H,30,34)(H,31,32)(H,33,35)/t20-,29-/m1/s1. The molecular formula is C29H30N4O2. The van der Waals surface area contributed by atoms with E-state index in [1.807, 2.05) is 49.4 Å². The van der Waals surface area contributed by atoms with Gasteiger partial charge in [0.2, 0.25) is 11.8 Å². The molecule has 1 aliphatic rings. The average Bonchev–Trinajstić information content (AvgIpc) is 3.48. The fourth-order valence-corrected chi connectivity index (χ4v) is 4.93. The summed E-state index contributed by atoms with van der Waals surface area (Å²) < 4.78 is 0. The highest BCUT2D eigenvalue weighted by Gasteiger charge is 2.38. The van der Waals surface area contributed by atoms with Gasteiger partial charge in [-0.05, 0) is 55.0 Å². The Morgan fingerprint density at radius 3 is 2.43 bits per heavy atom. The van der Waals surface area contributed by atoms with E-state index in [-0.39, 0.29) is 17.9 Å². The van der Waals surface area contributed by atoms with Gasteiger partial charge in [-0.1, -0.05) is 66.7 Å². The molecule has 2 heterocycles. The van der Waals surface area contributed by atoms with E-state index in [2.05, 4.69) is 57.0 Å². The van der Waals surface area contributed by atoms with Gasteiger partial charge in [0.25, 0.3) is 0 Å². The molecule has 178 valence electrons. The molecule has 4 aromatic rings. The van der Waals surface area contributed by atoms with Crippen LogP contribution in [0, 0.1) is 0 Å². The van der Waals surface area contributed by atoms with Crippen molar-refractivity contribution in [2.24, 2.45) is 0 Å². The number of aromatic amines is 1. The Morgan fingerprint density at radius 1 is 1.00 bits per heavy atom. The van der Waals surface area contributed by atoms with Gasteiger partial charge in [0, 0.05) is 18.4 Å². The van der Waals surface area contributed by atoms with Crippen LogP contribution in [-0.4, -0.2) is 27.3 Å². The van der Waals surface area contributed by atoms with Crippen molar-refractivity contribution in [3.05, 3.63) is 90.3 Å². The lowest BCUT2D eigenvalue weighted by Crippen LogP contribution is -2.44. The summed E-state index contributed by atoms with van der Waals surface area (Å²) in [6, 6.07) is 26.4. The van der Waals surface area contributed by atoms with E-state index in [1.54, 1.807) is 0 Å². The number of nitrogens with zero attached hydrogens (tertiary/aromatic N) is 1. The van der Waals surface area contributed by atoms with Crippen LogP contribution < -0.4 is 10.6 Å². The van der Waals surface area contributed by atoms with Gasteiger partial charge >= 0.3 is 0 Å². The van der Waals surface area contributed by atoms with Crippen molar-refractivity contribution in [2.45, 2.75) is 50.6 Å². The summed E-state index contributed by atoms with van der Waals surface area (Å²) in [5.74, 6) is 0.752. The number of benzene rings is 3. The second kappa shape index (κ2) is 9.74. The number of rotatable bonds is 8. The van der Waals surface area contributed by atoms with Gasteiger partial charge in [-0.2, -0.15) is 0 Å². The number of nitrogens with one attached hydrogen (secondary N) is 3. The van der Waals surface area contributed by atoms with Gasteiger partial charge in [0.15, 0.2) is 0 Å². The minimum atomic E-state index is -0.398. The number of hydrogen-bond donors (Lipinski definition) is 3. The maximum absolute atomic E-state index is 12.8. The number of aromatic nitrogens is 2. The largest absolute Gasteiger partial charge is 0.350 e. The maximum atomic E-state index is 12.8. The van der Waals surface area contributed by atoms with Crippen LogP contribution in [-0.2, 0) is 16.0 Å². The molecule has 1 saturated heterocycles. The number of amides is 2. The molecule has 2 amide bonds. The number of carbonyl (C=O) groups is 2. The second-order valence-corrected chi connectivity index (χ2v) is 9.50. The summed E-state index contributed by atoms with van der Waals surface area (Å²) in [4.78, 5) is 32.8. The van der Waals surface area contributed by atoms with Crippen LogP contribution in [0.25, 0.3) is 22.2 Å². The van der Waals surface area contributed by atoms with E-state index in [1.165, 1.54) is 5.56 Å². The van der Waals surface area contributed by atoms with Gasteiger partial charge in [0.1, 0.15) is 5.82 Å². The lowest BCUT2D eigenvalue weighted by Gasteiger charge is -2.29. The van der Waals surface area contributed by atoms with Crippen LogP contribution >= 0.6 is 0 Å². The van der Waals surface area contributed by atoms with Crippen molar-refractivity contribution in [3.8, 4) is 11.1 Å². The van der Waals surface area contributed by atoms with Crippen LogP contribution in [0.2, 0.25) is 0 Å². The summed E-state index contributed by atoms with van der Waals surface area (Å²) in [7, 11) is 0. The number of H-pyrrole nitrogens is 1. The maximum Gasteiger partial charge on any atom is 0.220 e. The molecule has 35 heavy (non-hydrogen) atoms. The summed E-state index contributed by atoms with van der Waals surface area (Å²) in [6.45, 7) is 1.93. The molecule has 0 spiro atoms. The molecule has 0 radical (unpaired) electrons. The Bertz CT molecular complexity index is 1300. The lowest BCUT2D eigenvalue weighted by molar-refractivity contribution is -0.123. The van der Waals surface area contributed by atoms with Crippen LogP contribution in [0.4, 0.5) is 0 Å². The number of para-hydroxylation sites is 2. The lowest BCUT2D eigenvalue weighted by atomic mass is 9.84. The summed E-state index contributed by atoms with van der Waals surface area (Å²) in [5.41, 5.74) is 4.94. The fraction of sp³-hybridized carbons (Fsp3) is 0.276. The van der Waals surface area contributed by atoms with Crippen molar-refractivity contribution >= 4 is 22.8 Å². The van der Waals surface area contributed by atoms with Crippen molar-refractivity contribution in [1.29, 1.82) is 0 Å². The summed E-state index contributed by atoms with van der Waals surface area (Å²) >= 11 is 0. The molecule has 0 unspecified atom stereocenters. The summed E-state index contributed by atoms with van der Waals surface area (Å²) in [5, 5.41) is 6.24. The van der Waals surface area contributed by atoms with Gasteiger partial charge in [0.05, 0.1) is 17.1 Å². The first-order valence-corrected chi connectivity index (χ1v) is 12.2. The Kier molecular flexibility index (Phi) is 6.36. The fourth-order valence-electron chi connectivity index (χ4n) is 4.93. The quantitative estimate of drug-likeness (QED) is 0.338. The second-order valence-electron chi connectivity index (χ2n) is 9.50. The number of carbonyl (C=O) groups excluding carboxylic acids is 2. The summed E-state index contributed by atoms with van der Waals surface area (Å²) in [6.07, 6.45) is 2.88. The zero-order chi connectivity index (χ0) is 24.3. The van der Waals surface area contributed by atoms with Crippen LogP contribution in [0.15, 0.2) is 78.9 Å². The van der Waals surface area contributed by atoms with Crippen molar-refractivity contribution < 1.29 is 9.59 Å². The van der Waals surface area contributed by atoms with Crippen LogP contribution in [0.5, 0.6) is 0 Å². The third-order valence-electron chi connectivity index (χ3n) is 6.86. The zero-order valence-corrected chi connectivity index (χ0v) is 19.9. The third kappa shape index (κ3) is 5.27. The third-order valence-corrected chi connectivity index (χ3v) is 6.86.